The van der Waals surface area contributed by atoms with Crippen LogP contribution in [0.25, 0.3) is 0 Å². The molecule has 0 unspecified atom stereocenters. The van der Waals surface area contributed by atoms with Crippen molar-refractivity contribution in [2.45, 2.75) is 20.5 Å². The van der Waals surface area contributed by atoms with Gasteiger partial charge in [-0.25, -0.2) is 4.98 Å². The Morgan fingerprint density at radius 3 is 2.78 bits per heavy atom. The highest BCUT2D eigenvalue weighted by Crippen LogP contribution is 2.24. The zero-order valence-corrected chi connectivity index (χ0v) is 11.6. The third kappa shape index (κ3) is 2.81. The maximum atomic E-state index is 8.77. The second-order valence-electron chi connectivity index (χ2n) is 3.78. The minimum atomic E-state index is 0.409. The predicted molar refractivity (Wildman–Crippen MR) is 72.1 cm³/mol. The first-order valence-corrected chi connectivity index (χ1v) is 6.55. The molecule has 0 bridgehead atoms. The van der Waals surface area contributed by atoms with Gasteiger partial charge in [-0.2, -0.15) is 5.26 Å². The number of aryl methyl sites for hydroxylation is 2. The molecule has 0 saturated carbocycles. The zero-order valence-electron chi connectivity index (χ0n) is 10.0. The number of halogens is 1. The number of nitrogens with zero attached hydrogens (tertiary/aromatic N) is 2. The van der Waals surface area contributed by atoms with E-state index in [1.807, 2.05) is 19.9 Å². The molecule has 3 nitrogen and oxygen atoms in total. The van der Waals surface area contributed by atoms with Gasteiger partial charge in [-0.05, 0) is 26.0 Å². The van der Waals surface area contributed by atoms with Gasteiger partial charge < -0.3 is 4.74 Å². The number of aromatic nitrogens is 1. The second kappa shape index (κ2) is 5.38. The highest BCUT2D eigenvalue weighted by Gasteiger charge is 2.06. The summed E-state index contributed by atoms with van der Waals surface area (Å²) >= 11 is 7.56. The lowest BCUT2D eigenvalue weighted by Crippen LogP contribution is -1.95. The molecule has 2 rings (SSSR count). The molecule has 0 amide bonds. The first-order chi connectivity index (χ1) is 8.60. The first kappa shape index (κ1) is 12.9. The monoisotopic (exact) mass is 278 g/mol. The van der Waals surface area contributed by atoms with Gasteiger partial charge in [0.2, 0.25) is 0 Å². The SMILES string of the molecule is Cc1nc(C)c(COc2ccc(C#N)c(Cl)c2)s1. The van der Waals surface area contributed by atoms with Crippen molar-refractivity contribution in [3.63, 3.8) is 0 Å². The Hall–Kier alpha value is -1.57. The highest BCUT2D eigenvalue weighted by atomic mass is 35.5. The average Bonchev–Trinajstić information content (AvgIpc) is 2.65. The van der Waals surface area contributed by atoms with Crippen LogP contribution in [0.1, 0.15) is 21.1 Å². The van der Waals surface area contributed by atoms with Crippen LogP contribution in [0.5, 0.6) is 5.75 Å². The fourth-order valence-electron chi connectivity index (χ4n) is 1.53. The van der Waals surface area contributed by atoms with E-state index in [1.165, 1.54) is 0 Å². The average molecular weight is 279 g/mol. The lowest BCUT2D eigenvalue weighted by Gasteiger charge is -2.05. The summed E-state index contributed by atoms with van der Waals surface area (Å²) in [7, 11) is 0. The smallest absolute Gasteiger partial charge is 0.124 e. The van der Waals surface area contributed by atoms with Crippen LogP contribution in [0.15, 0.2) is 18.2 Å². The Morgan fingerprint density at radius 1 is 1.44 bits per heavy atom. The van der Waals surface area contributed by atoms with E-state index in [1.54, 1.807) is 29.5 Å². The molecule has 0 saturated heterocycles. The van der Waals surface area contributed by atoms with Crippen molar-refractivity contribution < 1.29 is 4.74 Å². The molecule has 0 atom stereocenters. The molecule has 1 aromatic heterocycles. The summed E-state index contributed by atoms with van der Waals surface area (Å²) in [5, 5.41) is 10.2. The van der Waals surface area contributed by atoms with Gasteiger partial charge in [0, 0.05) is 6.07 Å². The quantitative estimate of drug-likeness (QED) is 0.856. The van der Waals surface area contributed by atoms with Crippen molar-refractivity contribution in [1.82, 2.24) is 4.98 Å². The van der Waals surface area contributed by atoms with Gasteiger partial charge in [0.25, 0.3) is 0 Å². The van der Waals surface area contributed by atoms with Crippen LogP contribution in [-0.4, -0.2) is 4.98 Å². The van der Waals surface area contributed by atoms with Crippen molar-refractivity contribution in [2.75, 3.05) is 0 Å². The lowest BCUT2D eigenvalue weighted by molar-refractivity contribution is 0.309. The van der Waals surface area contributed by atoms with Crippen molar-refractivity contribution >= 4 is 22.9 Å². The fourth-order valence-corrected chi connectivity index (χ4v) is 2.60. The summed E-state index contributed by atoms with van der Waals surface area (Å²) in [6, 6.07) is 7.07. The Bertz CT molecular complexity index is 616. The minimum Gasteiger partial charge on any atom is -0.488 e. The molecular weight excluding hydrogens is 268 g/mol. The molecule has 0 aliphatic heterocycles. The van der Waals surface area contributed by atoms with Crippen LogP contribution < -0.4 is 4.74 Å². The molecule has 0 spiro atoms. The third-order valence-corrected chi connectivity index (χ3v) is 3.79. The van der Waals surface area contributed by atoms with Crippen LogP contribution in [0.2, 0.25) is 5.02 Å². The molecule has 1 heterocycles. The molecule has 0 fully saturated rings. The van der Waals surface area contributed by atoms with Crippen molar-refractivity contribution in [3.05, 3.63) is 44.4 Å². The lowest BCUT2D eigenvalue weighted by atomic mass is 10.2. The standard InChI is InChI=1S/C13H11ClN2OS/c1-8-13(18-9(2)16-8)7-17-11-4-3-10(6-15)12(14)5-11/h3-5H,7H2,1-2H3. The van der Waals surface area contributed by atoms with Crippen LogP contribution in [0, 0.1) is 25.2 Å². The number of benzene rings is 1. The number of rotatable bonds is 3. The van der Waals surface area contributed by atoms with Crippen molar-refractivity contribution in [2.24, 2.45) is 0 Å². The third-order valence-electron chi connectivity index (χ3n) is 2.43. The van der Waals surface area contributed by atoms with Gasteiger partial charge in [-0.1, -0.05) is 11.6 Å². The number of hydrogen-bond acceptors (Lipinski definition) is 4. The maximum absolute atomic E-state index is 8.77. The number of nitriles is 1. The van der Waals surface area contributed by atoms with Gasteiger partial charge in [0.15, 0.2) is 0 Å². The van der Waals surface area contributed by atoms with Gasteiger partial charge in [0.1, 0.15) is 18.4 Å². The molecule has 0 N–H and O–H groups in total. The van der Waals surface area contributed by atoms with Crippen LogP contribution in [0.4, 0.5) is 0 Å². The Morgan fingerprint density at radius 2 is 2.22 bits per heavy atom. The molecule has 1 aromatic carbocycles. The highest BCUT2D eigenvalue weighted by molar-refractivity contribution is 7.11. The molecule has 0 aliphatic rings. The number of hydrogen-bond donors (Lipinski definition) is 0. The Balaban J connectivity index is 2.09. The first-order valence-electron chi connectivity index (χ1n) is 5.35. The minimum absolute atomic E-state index is 0.409. The Kier molecular flexibility index (Phi) is 3.85. The molecule has 5 heteroatoms. The van der Waals surface area contributed by atoms with Gasteiger partial charge >= 0.3 is 0 Å². The summed E-state index contributed by atoms with van der Waals surface area (Å²) in [4.78, 5) is 5.44. The molecule has 92 valence electrons. The van der Waals surface area contributed by atoms with E-state index < -0.39 is 0 Å². The predicted octanol–water partition coefficient (Wildman–Crippen LogP) is 3.86. The normalized spacial score (nSPS) is 10.1. The maximum Gasteiger partial charge on any atom is 0.124 e. The molecule has 2 aromatic rings. The van der Waals surface area contributed by atoms with E-state index in [9.17, 15) is 0 Å². The van der Waals surface area contributed by atoms with E-state index in [2.05, 4.69) is 4.98 Å². The van der Waals surface area contributed by atoms with Gasteiger partial charge in [-0.3, -0.25) is 0 Å². The number of ether oxygens (including phenoxy) is 1. The largest absolute Gasteiger partial charge is 0.488 e. The second-order valence-corrected chi connectivity index (χ2v) is 5.48. The Labute approximate surface area is 115 Å². The summed E-state index contributed by atoms with van der Waals surface area (Å²) in [6.45, 7) is 4.41. The van der Waals surface area contributed by atoms with E-state index in [4.69, 9.17) is 21.6 Å². The summed E-state index contributed by atoms with van der Waals surface area (Å²) in [5.41, 5.74) is 1.45. The fraction of sp³-hybridized carbons (Fsp3) is 0.231. The molecule has 0 aliphatic carbocycles. The van der Waals surface area contributed by atoms with Crippen LogP contribution in [-0.2, 0) is 6.61 Å². The van der Waals surface area contributed by atoms with Gasteiger partial charge in [0.05, 0.1) is 26.2 Å². The van der Waals surface area contributed by atoms with Crippen molar-refractivity contribution in [1.29, 1.82) is 5.26 Å². The van der Waals surface area contributed by atoms with E-state index in [0.717, 1.165) is 15.6 Å². The van der Waals surface area contributed by atoms with Crippen LogP contribution in [0.3, 0.4) is 0 Å². The zero-order chi connectivity index (χ0) is 13.1. The number of thiazole rings is 1. The molecule has 18 heavy (non-hydrogen) atoms. The van der Waals surface area contributed by atoms with E-state index >= 15 is 0 Å². The summed E-state index contributed by atoms with van der Waals surface area (Å²) < 4.78 is 5.64. The van der Waals surface area contributed by atoms with E-state index in [0.29, 0.717) is 22.9 Å². The molecule has 0 radical (unpaired) electrons. The molecular formula is C13H11ClN2OS. The van der Waals surface area contributed by atoms with Crippen molar-refractivity contribution in [3.8, 4) is 11.8 Å². The van der Waals surface area contributed by atoms with E-state index in [-0.39, 0.29) is 0 Å². The summed E-state index contributed by atoms with van der Waals surface area (Å²) in [5.74, 6) is 0.657. The summed E-state index contributed by atoms with van der Waals surface area (Å²) in [6.07, 6.45) is 0. The van der Waals surface area contributed by atoms with Crippen LogP contribution >= 0.6 is 22.9 Å². The topological polar surface area (TPSA) is 45.9 Å². The van der Waals surface area contributed by atoms with Gasteiger partial charge in [-0.15, -0.1) is 11.3 Å².